The third-order valence-corrected chi connectivity index (χ3v) is 2.46. The first kappa shape index (κ1) is 13.8. The summed E-state index contributed by atoms with van der Waals surface area (Å²) in [6.45, 7) is 5.42. The largest absolute Gasteiger partial charge is 0.444 e. The van der Waals surface area contributed by atoms with Crippen molar-refractivity contribution < 1.29 is 9.53 Å². The van der Waals surface area contributed by atoms with E-state index in [0.29, 0.717) is 11.4 Å². The van der Waals surface area contributed by atoms with Crippen molar-refractivity contribution in [2.24, 2.45) is 5.84 Å². The van der Waals surface area contributed by atoms with Gasteiger partial charge in [0.2, 0.25) is 0 Å². The average Bonchev–Trinajstić information content (AvgIpc) is 2.18. The standard InChI is InChI=1S/C11H16BrN3O2/c1-11(2,3)17-10(16)14-9-6-7(15-13)4-5-8(9)12/h4-6,15H,13H2,1-3H3,(H,14,16). The molecule has 0 bridgehead atoms. The molecule has 0 spiro atoms. The molecule has 0 saturated heterocycles. The summed E-state index contributed by atoms with van der Waals surface area (Å²) in [7, 11) is 0. The van der Waals surface area contributed by atoms with Gasteiger partial charge in [-0.3, -0.25) is 11.2 Å². The zero-order valence-electron chi connectivity index (χ0n) is 10.0. The van der Waals surface area contributed by atoms with Crippen LogP contribution in [0.2, 0.25) is 0 Å². The van der Waals surface area contributed by atoms with Gasteiger partial charge >= 0.3 is 6.09 Å². The summed E-state index contributed by atoms with van der Waals surface area (Å²) < 4.78 is 5.90. The number of carbonyl (C=O) groups is 1. The van der Waals surface area contributed by atoms with Gasteiger partial charge in [-0.15, -0.1) is 0 Å². The zero-order valence-corrected chi connectivity index (χ0v) is 11.6. The summed E-state index contributed by atoms with van der Waals surface area (Å²) in [4.78, 5) is 11.6. The second kappa shape index (κ2) is 5.37. The minimum atomic E-state index is -0.527. The van der Waals surface area contributed by atoms with Gasteiger partial charge < -0.3 is 10.2 Å². The molecule has 0 aliphatic rings. The first-order valence-corrected chi connectivity index (χ1v) is 5.87. The van der Waals surface area contributed by atoms with E-state index in [9.17, 15) is 4.79 Å². The fourth-order valence-electron chi connectivity index (χ4n) is 1.12. The Bertz CT molecular complexity index is 416. The number of ether oxygens (including phenoxy) is 1. The monoisotopic (exact) mass is 301 g/mol. The van der Waals surface area contributed by atoms with Crippen molar-refractivity contribution in [3.8, 4) is 0 Å². The Labute approximate surface area is 109 Å². The maximum Gasteiger partial charge on any atom is 0.412 e. The van der Waals surface area contributed by atoms with Crippen molar-refractivity contribution in [1.82, 2.24) is 0 Å². The quantitative estimate of drug-likeness (QED) is 0.579. The third kappa shape index (κ3) is 4.62. The Morgan fingerprint density at radius 2 is 2.06 bits per heavy atom. The van der Waals surface area contributed by atoms with E-state index in [1.54, 1.807) is 39.0 Å². The van der Waals surface area contributed by atoms with E-state index in [0.717, 1.165) is 4.47 Å². The number of hydrogen-bond donors (Lipinski definition) is 3. The predicted molar refractivity (Wildman–Crippen MR) is 71.8 cm³/mol. The van der Waals surface area contributed by atoms with Crippen LogP contribution in [-0.2, 0) is 4.74 Å². The van der Waals surface area contributed by atoms with Gasteiger partial charge in [-0.2, -0.15) is 0 Å². The summed E-state index contributed by atoms with van der Waals surface area (Å²) in [5.74, 6) is 5.29. The van der Waals surface area contributed by atoms with Crippen molar-refractivity contribution in [2.75, 3.05) is 10.7 Å². The molecule has 0 aliphatic heterocycles. The summed E-state index contributed by atoms with van der Waals surface area (Å²) >= 11 is 3.33. The number of amides is 1. The van der Waals surface area contributed by atoms with E-state index in [1.165, 1.54) is 0 Å². The van der Waals surface area contributed by atoms with Crippen molar-refractivity contribution in [3.05, 3.63) is 22.7 Å². The lowest BCUT2D eigenvalue weighted by atomic mass is 10.2. The van der Waals surface area contributed by atoms with Crippen LogP contribution in [0.3, 0.4) is 0 Å². The number of anilines is 2. The Morgan fingerprint density at radius 3 is 2.59 bits per heavy atom. The zero-order chi connectivity index (χ0) is 13.1. The van der Waals surface area contributed by atoms with Gasteiger partial charge in [0.1, 0.15) is 5.60 Å². The van der Waals surface area contributed by atoms with Gasteiger partial charge in [-0.25, -0.2) is 4.79 Å². The molecule has 0 aromatic heterocycles. The number of hydrogen-bond acceptors (Lipinski definition) is 4. The molecule has 1 aromatic carbocycles. The molecule has 0 aliphatic carbocycles. The Hall–Kier alpha value is -1.27. The Balaban J connectivity index is 2.77. The predicted octanol–water partition coefficient (Wildman–Crippen LogP) is 3.08. The molecule has 4 N–H and O–H groups in total. The van der Waals surface area contributed by atoms with E-state index in [2.05, 4.69) is 26.7 Å². The van der Waals surface area contributed by atoms with Crippen LogP contribution in [0.25, 0.3) is 0 Å². The fraction of sp³-hybridized carbons (Fsp3) is 0.364. The summed E-state index contributed by atoms with van der Waals surface area (Å²) in [6, 6.07) is 5.26. The smallest absolute Gasteiger partial charge is 0.412 e. The maximum absolute atomic E-state index is 11.6. The van der Waals surface area contributed by atoms with Crippen LogP contribution < -0.4 is 16.6 Å². The molecule has 1 aromatic rings. The third-order valence-electron chi connectivity index (χ3n) is 1.77. The molecule has 0 radical (unpaired) electrons. The van der Waals surface area contributed by atoms with E-state index in [1.807, 2.05) is 0 Å². The molecule has 6 heteroatoms. The van der Waals surface area contributed by atoms with E-state index < -0.39 is 11.7 Å². The highest BCUT2D eigenvalue weighted by molar-refractivity contribution is 9.10. The van der Waals surface area contributed by atoms with Crippen molar-refractivity contribution >= 4 is 33.4 Å². The number of halogens is 1. The molecule has 0 atom stereocenters. The topological polar surface area (TPSA) is 76.4 Å². The van der Waals surface area contributed by atoms with Gasteiger partial charge in [0.05, 0.1) is 11.4 Å². The first-order chi connectivity index (χ1) is 7.81. The molecule has 1 amide bonds. The highest BCUT2D eigenvalue weighted by Gasteiger charge is 2.17. The number of hydrazine groups is 1. The number of nitrogens with two attached hydrogens (primary N) is 1. The molecule has 0 heterocycles. The molecule has 17 heavy (non-hydrogen) atoms. The Morgan fingerprint density at radius 1 is 1.41 bits per heavy atom. The second-order valence-corrected chi connectivity index (χ2v) is 5.32. The van der Waals surface area contributed by atoms with Crippen molar-refractivity contribution in [3.63, 3.8) is 0 Å². The summed E-state index contributed by atoms with van der Waals surface area (Å²) in [5, 5.41) is 2.64. The molecule has 0 unspecified atom stereocenters. The maximum atomic E-state index is 11.6. The molecular weight excluding hydrogens is 286 g/mol. The number of nitrogens with one attached hydrogen (secondary N) is 2. The van der Waals surface area contributed by atoms with Crippen LogP contribution in [0.5, 0.6) is 0 Å². The van der Waals surface area contributed by atoms with Gasteiger partial charge in [-0.1, -0.05) is 0 Å². The highest BCUT2D eigenvalue weighted by Crippen LogP contribution is 2.26. The van der Waals surface area contributed by atoms with Gasteiger partial charge in [0.15, 0.2) is 0 Å². The fourth-order valence-corrected chi connectivity index (χ4v) is 1.47. The van der Waals surface area contributed by atoms with Crippen LogP contribution in [0.4, 0.5) is 16.2 Å². The van der Waals surface area contributed by atoms with Crippen molar-refractivity contribution in [1.29, 1.82) is 0 Å². The molecule has 94 valence electrons. The summed E-state index contributed by atoms with van der Waals surface area (Å²) in [5.41, 5.74) is 3.26. The molecule has 1 rings (SSSR count). The van der Waals surface area contributed by atoms with Gasteiger partial charge in [0, 0.05) is 4.47 Å². The number of carbonyl (C=O) groups excluding carboxylic acids is 1. The van der Waals surface area contributed by atoms with Crippen molar-refractivity contribution in [2.45, 2.75) is 26.4 Å². The lowest BCUT2D eigenvalue weighted by Gasteiger charge is -2.20. The van der Waals surface area contributed by atoms with Gasteiger partial charge in [0.25, 0.3) is 0 Å². The van der Waals surface area contributed by atoms with Gasteiger partial charge in [-0.05, 0) is 54.9 Å². The summed E-state index contributed by atoms with van der Waals surface area (Å²) in [6.07, 6.45) is -0.507. The van der Waals surface area contributed by atoms with Crippen LogP contribution in [0.15, 0.2) is 22.7 Å². The second-order valence-electron chi connectivity index (χ2n) is 4.47. The number of nitrogen functional groups attached to an aromatic ring is 1. The van der Waals surface area contributed by atoms with E-state index in [-0.39, 0.29) is 0 Å². The van der Waals surface area contributed by atoms with Crippen LogP contribution >= 0.6 is 15.9 Å². The van der Waals surface area contributed by atoms with E-state index in [4.69, 9.17) is 10.6 Å². The minimum Gasteiger partial charge on any atom is -0.444 e. The van der Waals surface area contributed by atoms with Crippen LogP contribution in [0.1, 0.15) is 20.8 Å². The molecule has 0 saturated carbocycles. The number of rotatable bonds is 2. The molecular formula is C11H16BrN3O2. The van der Waals surface area contributed by atoms with E-state index >= 15 is 0 Å². The van der Waals surface area contributed by atoms with Crippen LogP contribution in [-0.4, -0.2) is 11.7 Å². The SMILES string of the molecule is CC(C)(C)OC(=O)Nc1cc(NN)ccc1Br. The first-order valence-electron chi connectivity index (χ1n) is 5.08. The average molecular weight is 302 g/mol. The number of benzene rings is 1. The Kier molecular flexibility index (Phi) is 4.36. The highest BCUT2D eigenvalue weighted by atomic mass is 79.9. The lowest BCUT2D eigenvalue weighted by Crippen LogP contribution is -2.27. The lowest BCUT2D eigenvalue weighted by molar-refractivity contribution is 0.0636. The normalized spacial score (nSPS) is 10.9. The molecule has 0 fully saturated rings. The van der Waals surface area contributed by atoms with Crippen LogP contribution in [0, 0.1) is 0 Å². The minimum absolute atomic E-state index is 0.507. The molecule has 5 nitrogen and oxygen atoms in total.